The average molecular weight is 277 g/mol. The van der Waals surface area contributed by atoms with Crippen LogP contribution in [0.2, 0.25) is 0 Å². The molecule has 0 aromatic carbocycles. The predicted octanol–water partition coefficient (Wildman–Crippen LogP) is 3.44. The highest BCUT2D eigenvalue weighted by atomic mass is 32.1. The standard InChI is InChI=1S/C13H15N3O2S/c1-13(2,11-4-3-7-19-11)9-15-12-6-5-10(8-14-12)16(17)18/h3-8H,9H2,1-2H3,(H,14,15). The number of nitro groups is 1. The van der Waals surface area contributed by atoms with Crippen LogP contribution in [0.15, 0.2) is 35.8 Å². The van der Waals surface area contributed by atoms with E-state index in [-0.39, 0.29) is 11.1 Å². The van der Waals surface area contributed by atoms with Crippen LogP contribution in [0.3, 0.4) is 0 Å². The summed E-state index contributed by atoms with van der Waals surface area (Å²) < 4.78 is 0. The maximum absolute atomic E-state index is 10.5. The summed E-state index contributed by atoms with van der Waals surface area (Å²) in [5, 5.41) is 15.8. The summed E-state index contributed by atoms with van der Waals surface area (Å²) in [6.45, 7) is 5.02. The van der Waals surface area contributed by atoms with Crippen molar-refractivity contribution in [2.24, 2.45) is 0 Å². The van der Waals surface area contributed by atoms with E-state index in [1.54, 1.807) is 17.4 Å². The Bertz CT molecular complexity index is 550. The van der Waals surface area contributed by atoms with E-state index in [9.17, 15) is 10.1 Å². The SMILES string of the molecule is CC(C)(CNc1ccc([N+](=O)[O-])cn1)c1cccs1. The molecule has 19 heavy (non-hydrogen) atoms. The predicted molar refractivity (Wildman–Crippen MR) is 76.7 cm³/mol. The van der Waals surface area contributed by atoms with Crippen LogP contribution in [-0.2, 0) is 5.41 Å². The van der Waals surface area contributed by atoms with Gasteiger partial charge in [-0.3, -0.25) is 10.1 Å². The summed E-state index contributed by atoms with van der Waals surface area (Å²) in [6, 6.07) is 7.22. The van der Waals surface area contributed by atoms with E-state index < -0.39 is 4.92 Å². The van der Waals surface area contributed by atoms with E-state index in [4.69, 9.17) is 0 Å². The average Bonchev–Trinajstić information content (AvgIpc) is 2.91. The molecule has 0 unspecified atom stereocenters. The molecule has 0 fully saturated rings. The van der Waals surface area contributed by atoms with Crippen LogP contribution in [0.4, 0.5) is 11.5 Å². The minimum absolute atomic E-state index is 0.00236. The van der Waals surface area contributed by atoms with Gasteiger partial charge in [-0.15, -0.1) is 11.3 Å². The Kier molecular flexibility index (Phi) is 3.80. The van der Waals surface area contributed by atoms with Gasteiger partial charge in [0, 0.05) is 22.9 Å². The van der Waals surface area contributed by atoms with Crippen LogP contribution in [0.25, 0.3) is 0 Å². The van der Waals surface area contributed by atoms with E-state index in [1.807, 2.05) is 6.07 Å². The molecule has 0 amide bonds. The largest absolute Gasteiger partial charge is 0.369 e. The van der Waals surface area contributed by atoms with Crippen molar-refractivity contribution in [2.75, 3.05) is 11.9 Å². The lowest BCUT2D eigenvalue weighted by Crippen LogP contribution is -2.26. The summed E-state index contributed by atoms with van der Waals surface area (Å²) in [6.07, 6.45) is 1.26. The molecule has 0 saturated heterocycles. The number of rotatable bonds is 5. The first-order chi connectivity index (χ1) is 8.99. The van der Waals surface area contributed by atoms with E-state index >= 15 is 0 Å². The van der Waals surface area contributed by atoms with Crippen molar-refractivity contribution in [3.8, 4) is 0 Å². The molecule has 2 aromatic heterocycles. The zero-order valence-corrected chi connectivity index (χ0v) is 11.6. The van der Waals surface area contributed by atoms with Crippen LogP contribution in [0.5, 0.6) is 0 Å². The summed E-state index contributed by atoms with van der Waals surface area (Å²) in [5.74, 6) is 0.648. The van der Waals surface area contributed by atoms with E-state index in [2.05, 4.69) is 35.6 Å². The Morgan fingerprint density at radius 1 is 1.42 bits per heavy atom. The number of thiophene rings is 1. The highest BCUT2D eigenvalue weighted by Crippen LogP contribution is 2.27. The summed E-state index contributed by atoms with van der Waals surface area (Å²) in [5.41, 5.74) is 0.000480. The van der Waals surface area contributed by atoms with Gasteiger partial charge in [0.05, 0.1) is 4.92 Å². The molecule has 0 bridgehead atoms. The number of aromatic nitrogens is 1. The van der Waals surface area contributed by atoms with Crippen molar-refractivity contribution < 1.29 is 4.92 Å². The highest BCUT2D eigenvalue weighted by molar-refractivity contribution is 7.10. The molecule has 2 heterocycles. The topological polar surface area (TPSA) is 68.1 Å². The second kappa shape index (κ2) is 5.36. The highest BCUT2D eigenvalue weighted by Gasteiger charge is 2.21. The van der Waals surface area contributed by atoms with Crippen molar-refractivity contribution in [3.05, 3.63) is 50.8 Å². The van der Waals surface area contributed by atoms with Crippen LogP contribution in [-0.4, -0.2) is 16.5 Å². The Balaban J connectivity index is 2.00. The molecule has 0 spiro atoms. The fraction of sp³-hybridized carbons (Fsp3) is 0.308. The molecule has 0 aliphatic heterocycles. The van der Waals surface area contributed by atoms with Crippen LogP contribution < -0.4 is 5.32 Å². The molecule has 6 heteroatoms. The fourth-order valence-electron chi connectivity index (χ4n) is 1.66. The number of nitrogens with zero attached hydrogens (tertiary/aromatic N) is 2. The molecule has 2 rings (SSSR count). The third-order valence-corrected chi connectivity index (χ3v) is 4.09. The van der Waals surface area contributed by atoms with Gasteiger partial charge in [-0.2, -0.15) is 0 Å². The minimum Gasteiger partial charge on any atom is -0.369 e. The molecule has 5 nitrogen and oxygen atoms in total. The lowest BCUT2D eigenvalue weighted by atomic mass is 9.91. The van der Waals surface area contributed by atoms with E-state index in [0.29, 0.717) is 5.82 Å². The molecule has 2 aromatic rings. The second-order valence-corrected chi connectivity index (χ2v) is 5.82. The molecule has 0 aliphatic carbocycles. The quantitative estimate of drug-likeness (QED) is 0.671. The number of nitrogens with one attached hydrogen (secondary N) is 1. The second-order valence-electron chi connectivity index (χ2n) is 4.87. The fourth-order valence-corrected chi connectivity index (χ4v) is 2.51. The van der Waals surface area contributed by atoms with Gasteiger partial charge >= 0.3 is 0 Å². The zero-order chi connectivity index (χ0) is 13.9. The lowest BCUT2D eigenvalue weighted by molar-refractivity contribution is -0.385. The van der Waals surface area contributed by atoms with Crippen LogP contribution in [0.1, 0.15) is 18.7 Å². The summed E-state index contributed by atoms with van der Waals surface area (Å²) in [7, 11) is 0. The van der Waals surface area contributed by atoms with Gasteiger partial charge in [0.25, 0.3) is 5.69 Å². The molecule has 0 radical (unpaired) electrons. The van der Waals surface area contributed by atoms with Gasteiger partial charge < -0.3 is 5.32 Å². The molecule has 100 valence electrons. The van der Waals surface area contributed by atoms with Gasteiger partial charge in [0.15, 0.2) is 0 Å². The number of hydrogen-bond donors (Lipinski definition) is 1. The molecular weight excluding hydrogens is 262 g/mol. The maximum Gasteiger partial charge on any atom is 0.287 e. The first kappa shape index (κ1) is 13.5. The van der Waals surface area contributed by atoms with Crippen molar-refractivity contribution in [2.45, 2.75) is 19.3 Å². The van der Waals surface area contributed by atoms with Gasteiger partial charge in [-0.25, -0.2) is 4.98 Å². The molecule has 0 atom stereocenters. The molecule has 1 N–H and O–H groups in total. The Morgan fingerprint density at radius 3 is 2.74 bits per heavy atom. The normalized spacial score (nSPS) is 11.3. The number of anilines is 1. The van der Waals surface area contributed by atoms with Crippen molar-refractivity contribution in [3.63, 3.8) is 0 Å². The first-order valence-electron chi connectivity index (χ1n) is 5.87. The van der Waals surface area contributed by atoms with E-state index in [0.717, 1.165) is 6.54 Å². The van der Waals surface area contributed by atoms with Gasteiger partial charge in [-0.05, 0) is 17.5 Å². The third-order valence-electron chi connectivity index (χ3n) is 2.86. The van der Waals surface area contributed by atoms with Gasteiger partial charge in [0.1, 0.15) is 12.0 Å². The monoisotopic (exact) mass is 277 g/mol. The van der Waals surface area contributed by atoms with E-state index in [1.165, 1.54) is 17.1 Å². The molecular formula is C13H15N3O2S. The third kappa shape index (κ3) is 3.29. The Labute approximate surface area is 115 Å². The van der Waals surface area contributed by atoms with Crippen LogP contribution >= 0.6 is 11.3 Å². The molecule has 0 aliphatic rings. The van der Waals surface area contributed by atoms with Crippen molar-refractivity contribution in [1.29, 1.82) is 0 Å². The maximum atomic E-state index is 10.5. The number of pyridine rings is 1. The zero-order valence-electron chi connectivity index (χ0n) is 10.8. The van der Waals surface area contributed by atoms with Crippen LogP contribution in [0, 0.1) is 10.1 Å². The minimum atomic E-state index is -0.452. The molecule has 0 saturated carbocycles. The van der Waals surface area contributed by atoms with Crippen molar-refractivity contribution >= 4 is 22.8 Å². The summed E-state index contributed by atoms with van der Waals surface area (Å²) >= 11 is 1.72. The lowest BCUT2D eigenvalue weighted by Gasteiger charge is -2.23. The van der Waals surface area contributed by atoms with Gasteiger partial charge in [0.2, 0.25) is 0 Å². The van der Waals surface area contributed by atoms with Crippen molar-refractivity contribution in [1.82, 2.24) is 4.98 Å². The smallest absolute Gasteiger partial charge is 0.287 e. The Hall–Kier alpha value is -1.95. The number of hydrogen-bond acceptors (Lipinski definition) is 5. The summed E-state index contributed by atoms with van der Waals surface area (Å²) in [4.78, 5) is 15.4. The van der Waals surface area contributed by atoms with Gasteiger partial charge in [-0.1, -0.05) is 19.9 Å². The Morgan fingerprint density at radius 2 is 2.21 bits per heavy atom. The first-order valence-corrected chi connectivity index (χ1v) is 6.75.